The van der Waals surface area contributed by atoms with E-state index in [0.29, 0.717) is 16.5 Å². The molecule has 100 valence electrons. The molecule has 7 heteroatoms. The van der Waals surface area contributed by atoms with Crippen molar-refractivity contribution < 1.29 is 4.79 Å². The van der Waals surface area contributed by atoms with E-state index in [2.05, 4.69) is 11.0 Å². The summed E-state index contributed by atoms with van der Waals surface area (Å²) in [5.74, 6) is 2.69. The summed E-state index contributed by atoms with van der Waals surface area (Å²) in [6.45, 7) is 0.259. The lowest BCUT2D eigenvalue weighted by Crippen LogP contribution is -2.34. The average Bonchev–Trinajstić information content (AvgIpc) is 2.89. The Morgan fingerprint density at radius 2 is 2.20 bits per heavy atom. The van der Waals surface area contributed by atoms with Gasteiger partial charge in [0.1, 0.15) is 6.54 Å². The van der Waals surface area contributed by atoms with Crippen LogP contribution in [-0.4, -0.2) is 20.4 Å². The van der Waals surface area contributed by atoms with Gasteiger partial charge in [0, 0.05) is 10.7 Å². The first-order valence-electron chi connectivity index (χ1n) is 5.81. The molecule has 1 aromatic heterocycles. The molecule has 0 N–H and O–H groups in total. The van der Waals surface area contributed by atoms with Crippen LogP contribution in [0.4, 0.5) is 10.5 Å². The summed E-state index contributed by atoms with van der Waals surface area (Å²) in [4.78, 5) is 25.7. The van der Waals surface area contributed by atoms with Gasteiger partial charge in [0.05, 0.1) is 6.54 Å². The number of aromatic nitrogens is 3. The molecular weight excluding hydrogens is 280 g/mol. The monoisotopic (exact) mass is 288 g/mol. The van der Waals surface area contributed by atoms with Gasteiger partial charge in [-0.15, -0.1) is 6.42 Å². The number of fused-ring (bicyclic) bond motifs is 1. The van der Waals surface area contributed by atoms with Crippen LogP contribution in [0.3, 0.4) is 0 Å². The third-order valence-corrected chi connectivity index (χ3v) is 3.22. The number of terminal acetylenes is 1. The van der Waals surface area contributed by atoms with Crippen molar-refractivity contribution >= 4 is 23.3 Å². The predicted octanol–water partition coefficient (Wildman–Crippen LogP) is 1.32. The van der Waals surface area contributed by atoms with Crippen LogP contribution < -0.4 is 10.6 Å². The molecule has 0 bridgehead atoms. The Kier molecular flexibility index (Phi) is 2.84. The first kappa shape index (κ1) is 12.5. The Labute approximate surface area is 119 Å². The van der Waals surface area contributed by atoms with Crippen molar-refractivity contribution in [3.8, 4) is 12.3 Å². The molecule has 1 amide bonds. The van der Waals surface area contributed by atoms with Gasteiger partial charge in [0.2, 0.25) is 0 Å². The van der Waals surface area contributed by atoms with E-state index in [4.69, 9.17) is 18.0 Å². The Bertz CT molecular complexity index is 799. The number of hydrogen-bond acceptors (Lipinski definition) is 3. The second-order valence-corrected chi connectivity index (χ2v) is 4.68. The quantitative estimate of drug-likeness (QED) is 0.783. The Morgan fingerprint density at radius 3 is 2.85 bits per heavy atom. The van der Waals surface area contributed by atoms with Gasteiger partial charge in [-0.05, 0) is 18.2 Å². The largest absolute Gasteiger partial charge is 0.355 e. The van der Waals surface area contributed by atoms with Crippen LogP contribution in [-0.2, 0) is 13.1 Å². The molecule has 3 rings (SSSR count). The maximum absolute atomic E-state index is 12.3. The molecule has 0 unspecified atom stereocenters. The van der Waals surface area contributed by atoms with Crippen LogP contribution >= 0.6 is 11.6 Å². The van der Waals surface area contributed by atoms with E-state index in [1.54, 1.807) is 24.3 Å². The molecule has 0 atom stereocenters. The number of halogens is 1. The number of carbonyl (C=O) groups is 1. The Hall–Kier alpha value is -2.52. The molecule has 6 nitrogen and oxygen atoms in total. The number of nitrogens with zero attached hydrogens (tertiary/aromatic N) is 4. The molecular formula is C13H9ClN4O2. The number of hydrogen-bond donors (Lipinski definition) is 0. The van der Waals surface area contributed by atoms with Gasteiger partial charge in [-0.2, -0.15) is 9.67 Å². The lowest BCUT2D eigenvalue weighted by atomic mass is 10.3. The van der Waals surface area contributed by atoms with E-state index in [0.717, 1.165) is 9.25 Å². The fourth-order valence-electron chi connectivity index (χ4n) is 2.11. The summed E-state index contributed by atoms with van der Waals surface area (Å²) in [6.07, 6.45) is 5.15. The molecule has 0 saturated carbocycles. The summed E-state index contributed by atoms with van der Waals surface area (Å²) in [7, 11) is 0. The van der Waals surface area contributed by atoms with Crippen LogP contribution in [0.5, 0.6) is 0 Å². The Balaban J connectivity index is 2.01. The lowest BCUT2D eigenvalue weighted by molar-refractivity contribution is 0.250. The fraction of sp³-hybridized carbons (Fsp3) is 0.154. The molecule has 1 aliphatic heterocycles. The molecule has 2 aromatic rings. The van der Waals surface area contributed by atoms with Crippen LogP contribution in [0.2, 0.25) is 5.02 Å². The minimum absolute atomic E-state index is 0.0449. The van der Waals surface area contributed by atoms with Gasteiger partial charge in [0.15, 0.2) is 5.82 Å². The standard InChI is InChI=1S/C13H9ClN4O2/c1-2-6-17-13(20)18-11(15-17)8-16(12(18)19)10-5-3-4-9(14)7-10/h1,3-5,7H,6,8H2. The highest BCUT2D eigenvalue weighted by Crippen LogP contribution is 2.24. The highest BCUT2D eigenvalue weighted by Gasteiger charge is 2.33. The van der Waals surface area contributed by atoms with Crippen LogP contribution in [0.15, 0.2) is 29.1 Å². The molecule has 20 heavy (non-hydrogen) atoms. The normalized spacial score (nSPS) is 13.4. The predicted molar refractivity (Wildman–Crippen MR) is 73.7 cm³/mol. The summed E-state index contributed by atoms with van der Waals surface area (Å²) >= 11 is 5.91. The maximum atomic E-state index is 12.3. The van der Waals surface area contributed by atoms with E-state index < -0.39 is 11.7 Å². The molecule has 0 saturated heterocycles. The number of benzene rings is 1. The van der Waals surface area contributed by atoms with Crippen molar-refractivity contribution in [3.05, 3.63) is 45.6 Å². The number of anilines is 1. The van der Waals surface area contributed by atoms with Gasteiger partial charge >= 0.3 is 11.7 Å². The molecule has 2 heterocycles. The van der Waals surface area contributed by atoms with Crippen LogP contribution in [0, 0.1) is 12.3 Å². The van der Waals surface area contributed by atoms with Gasteiger partial charge in [-0.25, -0.2) is 14.3 Å². The molecule has 1 aliphatic rings. The second kappa shape index (κ2) is 4.54. The maximum Gasteiger partial charge on any atom is 0.355 e. The molecule has 0 radical (unpaired) electrons. The minimum Gasteiger partial charge on any atom is -0.286 e. The van der Waals surface area contributed by atoms with Crippen LogP contribution in [0.1, 0.15) is 5.82 Å². The van der Waals surface area contributed by atoms with E-state index in [-0.39, 0.29) is 13.1 Å². The highest BCUT2D eigenvalue weighted by molar-refractivity contribution is 6.30. The summed E-state index contributed by atoms with van der Waals surface area (Å²) in [5.41, 5.74) is 0.100. The first-order valence-corrected chi connectivity index (χ1v) is 6.19. The zero-order chi connectivity index (χ0) is 14.3. The van der Waals surface area contributed by atoms with Crippen molar-refractivity contribution in [1.29, 1.82) is 0 Å². The number of carbonyl (C=O) groups excluding carboxylic acids is 1. The van der Waals surface area contributed by atoms with Gasteiger partial charge in [-0.1, -0.05) is 23.6 Å². The topological polar surface area (TPSA) is 60.1 Å². The number of amides is 1. The van der Waals surface area contributed by atoms with Crippen molar-refractivity contribution in [1.82, 2.24) is 14.3 Å². The smallest absolute Gasteiger partial charge is 0.286 e. The minimum atomic E-state index is -0.521. The second-order valence-electron chi connectivity index (χ2n) is 4.24. The summed E-state index contributed by atoms with van der Waals surface area (Å²) in [5, 5.41) is 4.58. The van der Waals surface area contributed by atoms with Crippen LogP contribution in [0.25, 0.3) is 0 Å². The van der Waals surface area contributed by atoms with Crippen molar-refractivity contribution in [3.63, 3.8) is 0 Å². The highest BCUT2D eigenvalue weighted by atomic mass is 35.5. The third-order valence-electron chi connectivity index (χ3n) is 2.99. The SMILES string of the molecule is C#CCn1nc2n(c1=O)C(=O)N(c1cccc(Cl)c1)C2. The first-order chi connectivity index (χ1) is 9.61. The zero-order valence-corrected chi connectivity index (χ0v) is 11.0. The molecule has 1 aromatic carbocycles. The van der Waals surface area contributed by atoms with Crippen molar-refractivity contribution in [2.45, 2.75) is 13.1 Å². The van der Waals surface area contributed by atoms with E-state index in [9.17, 15) is 9.59 Å². The molecule has 0 fully saturated rings. The fourth-order valence-corrected chi connectivity index (χ4v) is 2.30. The third kappa shape index (κ3) is 1.80. The zero-order valence-electron chi connectivity index (χ0n) is 10.3. The van der Waals surface area contributed by atoms with Gasteiger partial charge in [-0.3, -0.25) is 4.90 Å². The van der Waals surface area contributed by atoms with E-state index in [1.807, 2.05) is 0 Å². The molecule has 0 aliphatic carbocycles. The van der Waals surface area contributed by atoms with Crippen molar-refractivity contribution in [2.24, 2.45) is 0 Å². The summed E-state index contributed by atoms with van der Waals surface area (Å²) < 4.78 is 2.13. The average molecular weight is 289 g/mol. The van der Waals surface area contributed by atoms with E-state index >= 15 is 0 Å². The summed E-state index contributed by atoms with van der Waals surface area (Å²) in [6, 6.07) is 6.41. The Morgan fingerprint density at radius 1 is 1.40 bits per heavy atom. The van der Waals surface area contributed by atoms with Gasteiger partial charge < -0.3 is 0 Å². The molecule has 0 spiro atoms. The van der Waals surface area contributed by atoms with Gasteiger partial charge in [0.25, 0.3) is 0 Å². The lowest BCUT2D eigenvalue weighted by Gasteiger charge is -2.14. The number of rotatable bonds is 2. The van der Waals surface area contributed by atoms with Crippen molar-refractivity contribution in [2.75, 3.05) is 4.90 Å². The van der Waals surface area contributed by atoms with E-state index in [1.165, 1.54) is 4.90 Å².